The van der Waals surface area contributed by atoms with E-state index < -0.39 is 6.04 Å². The van der Waals surface area contributed by atoms with Gasteiger partial charge >= 0.3 is 0 Å². The van der Waals surface area contributed by atoms with E-state index in [1.807, 2.05) is 0 Å². The van der Waals surface area contributed by atoms with E-state index in [4.69, 9.17) is 9.47 Å². The highest BCUT2D eigenvalue weighted by Crippen LogP contribution is 2.25. The fourth-order valence-corrected chi connectivity index (χ4v) is 3.12. The van der Waals surface area contributed by atoms with Crippen molar-refractivity contribution in [1.29, 1.82) is 0 Å². The second-order valence-electron chi connectivity index (χ2n) is 7.81. The highest BCUT2D eigenvalue weighted by Gasteiger charge is 2.21. The van der Waals surface area contributed by atoms with Crippen LogP contribution in [0.4, 0.5) is 0 Å². The summed E-state index contributed by atoms with van der Waals surface area (Å²) in [5, 5.41) is 8.55. The normalized spacial score (nSPS) is 18.3. The molecular weight excluding hydrogens is 386 g/mol. The number of carbonyl (C=O) groups is 3. The average molecular weight is 420 g/mol. The van der Waals surface area contributed by atoms with Crippen molar-refractivity contribution in [3.8, 4) is 11.5 Å². The fourth-order valence-electron chi connectivity index (χ4n) is 3.12. The van der Waals surface area contributed by atoms with Crippen molar-refractivity contribution in [2.75, 3.05) is 26.8 Å². The van der Waals surface area contributed by atoms with Crippen LogP contribution in [-0.2, 0) is 9.59 Å². The monoisotopic (exact) mass is 419 g/mol. The summed E-state index contributed by atoms with van der Waals surface area (Å²) < 4.78 is 10.9. The lowest BCUT2D eigenvalue weighted by atomic mass is 10.1. The summed E-state index contributed by atoms with van der Waals surface area (Å²) in [6.07, 6.45) is 3.10. The van der Waals surface area contributed by atoms with Crippen molar-refractivity contribution in [1.82, 2.24) is 16.0 Å². The van der Waals surface area contributed by atoms with E-state index in [-0.39, 0.29) is 30.9 Å². The molecule has 8 heteroatoms. The molecule has 0 saturated heterocycles. The fraction of sp³-hybridized carbons (Fsp3) is 0.591. The minimum Gasteiger partial charge on any atom is -0.497 e. The smallest absolute Gasteiger partial charge is 0.255 e. The molecule has 0 aromatic heterocycles. The second-order valence-corrected chi connectivity index (χ2v) is 7.81. The van der Waals surface area contributed by atoms with Crippen molar-refractivity contribution >= 4 is 17.7 Å². The largest absolute Gasteiger partial charge is 0.497 e. The van der Waals surface area contributed by atoms with E-state index >= 15 is 0 Å². The van der Waals surface area contributed by atoms with Gasteiger partial charge < -0.3 is 25.4 Å². The van der Waals surface area contributed by atoms with Gasteiger partial charge in [0.1, 0.15) is 24.1 Å². The molecule has 0 radical (unpaired) electrons. The van der Waals surface area contributed by atoms with Crippen molar-refractivity contribution in [2.24, 2.45) is 5.92 Å². The SMILES string of the molecule is COc1ccc2c(c1)OCCNC(=O)[C@@H](NC(=O)CCC(C)C)CCCCNC2=O. The Bertz CT molecular complexity index is 735. The van der Waals surface area contributed by atoms with Gasteiger partial charge in [0.15, 0.2) is 0 Å². The molecule has 1 aromatic rings. The maximum Gasteiger partial charge on any atom is 0.255 e. The van der Waals surface area contributed by atoms with Gasteiger partial charge in [-0.15, -0.1) is 0 Å². The second kappa shape index (κ2) is 12.0. The first kappa shape index (κ1) is 23.5. The molecule has 3 amide bonds. The molecule has 1 aliphatic heterocycles. The van der Waals surface area contributed by atoms with E-state index in [1.165, 1.54) is 0 Å². The topological polar surface area (TPSA) is 106 Å². The Hall–Kier alpha value is -2.77. The summed E-state index contributed by atoms with van der Waals surface area (Å²) in [5.41, 5.74) is 0.425. The predicted octanol–water partition coefficient (Wildman–Crippen LogP) is 2.02. The molecule has 8 nitrogen and oxygen atoms in total. The summed E-state index contributed by atoms with van der Waals surface area (Å²) in [5.74, 6) is 0.856. The lowest BCUT2D eigenvalue weighted by molar-refractivity contribution is -0.129. The predicted molar refractivity (Wildman–Crippen MR) is 114 cm³/mol. The van der Waals surface area contributed by atoms with Crippen LogP contribution < -0.4 is 25.4 Å². The molecule has 1 heterocycles. The lowest BCUT2D eigenvalue weighted by Gasteiger charge is -2.20. The molecule has 0 unspecified atom stereocenters. The van der Waals surface area contributed by atoms with Crippen LogP contribution in [0.3, 0.4) is 0 Å². The Labute approximate surface area is 178 Å². The Kier molecular flexibility index (Phi) is 9.44. The molecule has 1 aliphatic rings. The standard InChI is InChI=1S/C22H33N3O5/c1-15(2)7-10-20(26)25-18-6-4-5-11-23-21(27)17-9-8-16(29-3)14-19(17)30-13-12-24-22(18)28/h8-9,14-15,18H,4-7,10-13H2,1-3H3,(H,23,27)(H,24,28)(H,25,26)/t18-/m0/s1. The van der Waals surface area contributed by atoms with Crippen molar-refractivity contribution in [3.63, 3.8) is 0 Å². The van der Waals surface area contributed by atoms with Gasteiger partial charge in [-0.05, 0) is 43.7 Å². The van der Waals surface area contributed by atoms with E-state index in [9.17, 15) is 14.4 Å². The third kappa shape index (κ3) is 7.57. The maximum absolute atomic E-state index is 12.6. The molecule has 0 fully saturated rings. The summed E-state index contributed by atoms with van der Waals surface area (Å²) in [4.78, 5) is 37.3. The summed E-state index contributed by atoms with van der Waals surface area (Å²) in [7, 11) is 1.54. The summed E-state index contributed by atoms with van der Waals surface area (Å²) >= 11 is 0. The van der Waals surface area contributed by atoms with Crippen LogP contribution in [0.2, 0.25) is 0 Å². The number of carbonyl (C=O) groups excluding carboxylic acids is 3. The van der Waals surface area contributed by atoms with Gasteiger partial charge in [-0.2, -0.15) is 0 Å². The number of fused-ring (bicyclic) bond motifs is 1. The van der Waals surface area contributed by atoms with E-state index in [1.54, 1.807) is 25.3 Å². The minimum atomic E-state index is -0.587. The van der Waals surface area contributed by atoms with Crippen LogP contribution in [0.25, 0.3) is 0 Å². The van der Waals surface area contributed by atoms with Crippen molar-refractivity contribution in [2.45, 2.75) is 52.0 Å². The van der Waals surface area contributed by atoms with Crippen LogP contribution in [0.1, 0.15) is 56.3 Å². The number of methoxy groups -OCH3 is 1. The van der Waals surface area contributed by atoms with Gasteiger partial charge in [-0.25, -0.2) is 0 Å². The van der Waals surface area contributed by atoms with Gasteiger partial charge in [0, 0.05) is 19.0 Å². The molecule has 2 rings (SSSR count). The van der Waals surface area contributed by atoms with Gasteiger partial charge in [0.25, 0.3) is 5.91 Å². The molecular formula is C22H33N3O5. The zero-order chi connectivity index (χ0) is 21.9. The summed E-state index contributed by atoms with van der Waals surface area (Å²) in [6.45, 7) is 5.04. The van der Waals surface area contributed by atoms with Crippen LogP contribution >= 0.6 is 0 Å². The number of amides is 3. The Morgan fingerprint density at radius 3 is 2.77 bits per heavy atom. The van der Waals surface area contributed by atoms with Gasteiger partial charge in [-0.1, -0.05) is 13.8 Å². The third-order valence-electron chi connectivity index (χ3n) is 4.90. The van der Waals surface area contributed by atoms with Crippen LogP contribution in [0, 0.1) is 5.92 Å². The first-order valence-corrected chi connectivity index (χ1v) is 10.6. The minimum absolute atomic E-state index is 0.115. The molecule has 30 heavy (non-hydrogen) atoms. The molecule has 3 N–H and O–H groups in total. The Morgan fingerprint density at radius 2 is 2.03 bits per heavy atom. The van der Waals surface area contributed by atoms with E-state index in [0.29, 0.717) is 55.2 Å². The molecule has 166 valence electrons. The highest BCUT2D eigenvalue weighted by molar-refractivity contribution is 5.97. The van der Waals surface area contributed by atoms with Crippen molar-refractivity contribution < 1.29 is 23.9 Å². The van der Waals surface area contributed by atoms with Crippen LogP contribution in [0.5, 0.6) is 11.5 Å². The Balaban J connectivity index is 2.03. The highest BCUT2D eigenvalue weighted by atomic mass is 16.5. The lowest BCUT2D eigenvalue weighted by Crippen LogP contribution is -2.47. The van der Waals surface area contributed by atoms with Gasteiger partial charge in [0.2, 0.25) is 11.8 Å². The molecule has 1 aromatic carbocycles. The molecule has 0 aliphatic carbocycles. The maximum atomic E-state index is 12.6. The number of benzene rings is 1. The molecule has 0 spiro atoms. The number of ether oxygens (including phenoxy) is 2. The first-order chi connectivity index (χ1) is 14.4. The zero-order valence-corrected chi connectivity index (χ0v) is 18.1. The van der Waals surface area contributed by atoms with Crippen molar-refractivity contribution in [3.05, 3.63) is 23.8 Å². The van der Waals surface area contributed by atoms with E-state index in [0.717, 1.165) is 6.42 Å². The Morgan fingerprint density at radius 1 is 1.23 bits per heavy atom. The third-order valence-corrected chi connectivity index (χ3v) is 4.90. The molecule has 0 saturated carbocycles. The molecule has 1 atom stereocenters. The first-order valence-electron chi connectivity index (χ1n) is 10.6. The zero-order valence-electron chi connectivity index (χ0n) is 18.1. The summed E-state index contributed by atoms with van der Waals surface area (Å²) in [6, 6.07) is 4.44. The number of hydrogen-bond acceptors (Lipinski definition) is 5. The number of nitrogens with one attached hydrogen (secondary N) is 3. The van der Waals surface area contributed by atoms with Crippen LogP contribution in [-0.4, -0.2) is 50.6 Å². The van der Waals surface area contributed by atoms with Gasteiger partial charge in [-0.3, -0.25) is 14.4 Å². The number of hydrogen-bond donors (Lipinski definition) is 3. The number of rotatable bonds is 5. The molecule has 0 bridgehead atoms. The quantitative estimate of drug-likeness (QED) is 0.677. The average Bonchev–Trinajstić information content (AvgIpc) is 2.73. The van der Waals surface area contributed by atoms with Gasteiger partial charge in [0.05, 0.1) is 19.2 Å². The van der Waals surface area contributed by atoms with E-state index in [2.05, 4.69) is 29.8 Å². The van der Waals surface area contributed by atoms with Crippen LogP contribution in [0.15, 0.2) is 18.2 Å².